The van der Waals surface area contributed by atoms with Gasteiger partial charge in [-0.2, -0.15) is 0 Å². The second-order valence-corrected chi connectivity index (χ2v) is 5.87. The molecular weight excluding hydrogens is 355 g/mol. The molecule has 2 aromatic rings. The lowest BCUT2D eigenvalue weighted by molar-refractivity contribution is 0.0937. The minimum absolute atomic E-state index is 0. The predicted octanol–water partition coefficient (Wildman–Crippen LogP) is 2.48. The maximum Gasteiger partial charge on any atom is 0.270 e. The molecule has 1 atom stereocenters. The molecule has 0 fully saturated rings. The van der Waals surface area contributed by atoms with Crippen molar-refractivity contribution in [2.45, 2.75) is 12.6 Å². The second kappa shape index (κ2) is 10.6. The van der Waals surface area contributed by atoms with E-state index in [9.17, 15) is 4.79 Å². The van der Waals surface area contributed by atoms with Gasteiger partial charge in [0, 0.05) is 18.5 Å². The van der Waals surface area contributed by atoms with Crippen molar-refractivity contribution in [1.29, 1.82) is 0 Å². The Balaban J connectivity index is 0.00000242. The van der Waals surface area contributed by atoms with Gasteiger partial charge in [-0.05, 0) is 19.7 Å². The molecule has 1 unspecified atom stereocenters. The average Bonchev–Trinajstić information content (AvgIpc) is 2.97. The first kappa shape index (κ1) is 21.8. The van der Waals surface area contributed by atoms with Crippen LogP contribution in [0.25, 0.3) is 0 Å². The number of benzene rings is 1. The Labute approximate surface area is 153 Å². The SMILES string of the molecule is CN(C)C(CNC(=O)c1csc(CN)n1)c1ccccc1.Cl.Cl. The molecule has 5 nitrogen and oxygen atoms in total. The van der Waals surface area contributed by atoms with Crippen LogP contribution in [0.3, 0.4) is 0 Å². The number of rotatable bonds is 6. The lowest BCUT2D eigenvalue weighted by Gasteiger charge is -2.24. The van der Waals surface area contributed by atoms with Crippen LogP contribution in [0.5, 0.6) is 0 Å². The van der Waals surface area contributed by atoms with Gasteiger partial charge >= 0.3 is 0 Å². The minimum atomic E-state index is -0.159. The number of halogens is 2. The smallest absolute Gasteiger partial charge is 0.270 e. The summed E-state index contributed by atoms with van der Waals surface area (Å²) in [5.41, 5.74) is 7.12. The van der Waals surface area contributed by atoms with Gasteiger partial charge in [0.15, 0.2) is 0 Å². The van der Waals surface area contributed by atoms with Crippen LogP contribution in [0.2, 0.25) is 0 Å². The van der Waals surface area contributed by atoms with Gasteiger partial charge in [-0.15, -0.1) is 36.2 Å². The Bertz CT molecular complexity index is 592. The van der Waals surface area contributed by atoms with E-state index in [4.69, 9.17) is 5.73 Å². The molecular formula is C15H22Cl2N4OS. The molecule has 0 saturated heterocycles. The maximum atomic E-state index is 12.1. The molecule has 0 aliphatic heterocycles. The van der Waals surface area contributed by atoms with Gasteiger partial charge in [0.2, 0.25) is 0 Å². The molecule has 2 rings (SSSR count). The van der Waals surface area contributed by atoms with Crippen LogP contribution in [0, 0.1) is 0 Å². The fourth-order valence-corrected chi connectivity index (χ4v) is 2.72. The molecule has 0 saturated carbocycles. The van der Waals surface area contributed by atoms with Crippen LogP contribution in [-0.2, 0) is 6.54 Å². The van der Waals surface area contributed by atoms with E-state index in [1.54, 1.807) is 5.38 Å². The summed E-state index contributed by atoms with van der Waals surface area (Å²) in [5, 5.41) is 5.45. The molecule has 8 heteroatoms. The number of hydrogen-bond acceptors (Lipinski definition) is 5. The summed E-state index contributed by atoms with van der Waals surface area (Å²) in [7, 11) is 4.00. The molecule has 128 valence electrons. The van der Waals surface area contributed by atoms with Gasteiger partial charge in [0.25, 0.3) is 5.91 Å². The third kappa shape index (κ3) is 6.08. The number of likely N-dealkylation sites (N-methyl/N-ethyl adjacent to an activating group) is 1. The summed E-state index contributed by atoms with van der Waals surface area (Å²) in [6.07, 6.45) is 0. The largest absolute Gasteiger partial charge is 0.349 e. The van der Waals surface area contributed by atoms with Gasteiger partial charge in [0.05, 0.1) is 6.04 Å². The third-order valence-corrected chi connectivity index (χ3v) is 4.09. The number of nitrogens with one attached hydrogen (secondary N) is 1. The molecule has 0 aliphatic carbocycles. The fourth-order valence-electron chi connectivity index (χ4n) is 2.06. The van der Waals surface area contributed by atoms with Crippen LogP contribution < -0.4 is 11.1 Å². The highest BCUT2D eigenvalue weighted by Gasteiger charge is 2.16. The Hall–Kier alpha value is -1.18. The summed E-state index contributed by atoms with van der Waals surface area (Å²) in [5.74, 6) is -0.159. The number of amides is 1. The van der Waals surface area contributed by atoms with E-state index in [0.717, 1.165) is 5.01 Å². The fraction of sp³-hybridized carbons (Fsp3) is 0.333. The molecule has 0 bridgehead atoms. The van der Waals surface area contributed by atoms with E-state index in [-0.39, 0.29) is 36.8 Å². The molecule has 3 N–H and O–H groups in total. The summed E-state index contributed by atoms with van der Waals surface area (Å²) in [6, 6.07) is 10.2. The van der Waals surface area contributed by atoms with E-state index in [0.29, 0.717) is 18.8 Å². The topological polar surface area (TPSA) is 71.2 Å². The Morgan fingerprint density at radius 1 is 1.30 bits per heavy atom. The maximum absolute atomic E-state index is 12.1. The van der Waals surface area contributed by atoms with Gasteiger partial charge in [0.1, 0.15) is 10.7 Å². The predicted molar refractivity (Wildman–Crippen MR) is 99.7 cm³/mol. The highest BCUT2D eigenvalue weighted by atomic mass is 35.5. The van der Waals surface area contributed by atoms with Crippen molar-refractivity contribution in [3.63, 3.8) is 0 Å². The lowest BCUT2D eigenvalue weighted by atomic mass is 10.1. The van der Waals surface area contributed by atoms with E-state index >= 15 is 0 Å². The van der Waals surface area contributed by atoms with E-state index in [1.165, 1.54) is 16.9 Å². The molecule has 1 heterocycles. The van der Waals surface area contributed by atoms with Crippen molar-refractivity contribution in [1.82, 2.24) is 15.2 Å². The Kier molecular flexibility index (Phi) is 10.0. The van der Waals surface area contributed by atoms with Crippen LogP contribution in [0.4, 0.5) is 0 Å². The van der Waals surface area contributed by atoms with Gasteiger partial charge in [-0.1, -0.05) is 30.3 Å². The summed E-state index contributed by atoms with van der Waals surface area (Å²) < 4.78 is 0. The minimum Gasteiger partial charge on any atom is -0.349 e. The highest BCUT2D eigenvalue weighted by molar-refractivity contribution is 7.09. The second-order valence-electron chi connectivity index (χ2n) is 4.93. The standard InChI is InChI=1S/C15H20N4OS.2ClH/c1-19(2)13(11-6-4-3-5-7-11)9-17-15(20)12-10-21-14(8-16)18-12;;/h3-7,10,13H,8-9,16H2,1-2H3,(H,17,20);2*1H. The van der Waals surface area contributed by atoms with Crippen LogP contribution in [0.15, 0.2) is 35.7 Å². The summed E-state index contributed by atoms with van der Waals surface area (Å²) in [4.78, 5) is 18.4. The third-order valence-electron chi connectivity index (χ3n) is 3.22. The first-order valence-corrected chi connectivity index (χ1v) is 7.64. The van der Waals surface area contributed by atoms with Crippen molar-refractivity contribution >= 4 is 42.1 Å². The van der Waals surface area contributed by atoms with Gasteiger partial charge in [-0.25, -0.2) is 4.98 Å². The van der Waals surface area contributed by atoms with Crippen LogP contribution in [-0.4, -0.2) is 36.4 Å². The number of nitrogens with two attached hydrogens (primary N) is 1. The zero-order valence-electron chi connectivity index (χ0n) is 13.1. The van der Waals surface area contributed by atoms with E-state index < -0.39 is 0 Å². The molecule has 0 spiro atoms. The summed E-state index contributed by atoms with van der Waals surface area (Å²) in [6.45, 7) is 0.896. The van der Waals surface area contributed by atoms with Gasteiger partial charge < -0.3 is 16.0 Å². The molecule has 0 aliphatic rings. The number of nitrogens with zero attached hydrogens (tertiary/aromatic N) is 2. The van der Waals surface area contributed by atoms with Crippen molar-refractivity contribution in [2.75, 3.05) is 20.6 Å². The van der Waals surface area contributed by atoms with Crippen molar-refractivity contribution in [2.24, 2.45) is 5.73 Å². The number of thiazole rings is 1. The normalized spacial score (nSPS) is 11.3. The summed E-state index contributed by atoms with van der Waals surface area (Å²) >= 11 is 1.41. The number of carbonyl (C=O) groups excluding carboxylic acids is 1. The number of hydrogen-bond donors (Lipinski definition) is 2. The Morgan fingerprint density at radius 2 is 1.96 bits per heavy atom. The zero-order chi connectivity index (χ0) is 15.2. The molecule has 0 radical (unpaired) electrons. The van der Waals surface area contributed by atoms with Crippen LogP contribution >= 0.6 is 36.2 Å². The van der Waals surface area contributed by atoms with Gasteiger partial charge in [-0.3, -0.25) is 4.79 Å². The van der Waals surface area contributed by atoms with Crippen molar-refractivity contribution in [3.05, 3.63) is 52.0 Å². The quantitative estimate of drug-likeness (QED) is 0.812. The monoisotopic (exact) mass is 376 g/mol. The highest BCUT2D eigenvalue weighted by Crippen LogP contribution is 2.17. The van der Waals surface area contributed by atoms with Crippen molar-refractivity contribution < 1.29 is 4.79 Å². The first-order valence-electron chi connectivity index (χ1n) is 6.76. The van der Waals surface area contributed by atoms with Crippen LogP contribution in [0.1, 0.15) is 27.1 Å². The van der Waals surface area contributed by atoms with E-state index in [1.807, 2.05) is 32.3 Å². The molecule has 1 aromatic carbocycles. The number of carbonyl (C=O) groups is 1. The van der Waals surface area contributed by atoms with E-state index in [2.05, 4.69) is 27.3 Å². The lowest BCUT2D eigenvalue weighted by Crippen LogP contribution is -2.34. The first-order chi connectivity index (χ1) is 10.1. The Morgan fingerprint density at radius 3 is 2.48 bits per heavy atom. The van der Waals surface area contributed by atoms with Crippen molar-refractivity contribution in [3.8, 4) is 0 Å². The molecule has 23 heavy (non-hydrogen) atoms. The average molecular weight is 377 g/mol. The number of aromatic nitrogens is 1. The molecule has 1 aromatic heterocycles. The zero-order valence-corrected chi connectivity index (χ0v) is 15.5. The molecule has 1 amide bonds.